The summed E-state index contributed by atoms with van der Waals surface area (Å²) in [5, 5.41) is 2.43. The number of amides is 1. The highest BCUT2D eigenvalue weighted by Crippen LogP contribution is 2.21. The van der Waals surface area contributed by atoms with Crippen LogP contribution in [0.5, 0.6) is 0 Å². The first-order chi connectivity index (χ1) is 5.89. The molecular formula is C5H6N2O4S2. The minimum Gasteiger partial charge on any atom is -0.302 e. The average Bonchev–Trinajstić information content (AvgIpc) is 2.32. The molecule has 1 aromatic rings. The second-order valence-electron chi connectivity index (χ2n) is 2.14. The van der Waals surface area contributed by atoms with Gasteiger partial charge in [0.2, 0.25) is 5.91 Å². The SMILES string of the molecule is CC(=O)Nc1ncc(S(=O)(=O)O)s1. The van der Waals surface area contributed by atoms with E-state index in [9.17, 15) is 13.2 Å². The second kappa shape index (κ2) is 3.40. The zero-order chi connectivity index (χ0) is 10.1. The number of rotatable bonds is 2. The predicted molar refractivity (Wildman–Crippen MR) is 46.2 cm³/mol. The number of hydrogen-bond donors (Lipinski definition) is 2. The van der Waals surface area contributed by atoms with Crippen LogP contribution in [0.3, 0.4) is 0 Å². The van der Waals surface area contributed by atoms with E-state index in [2.05, 4.69) is 10.3 Å². The molecule has 1 amide bonds. The van der Waals surface area contributed by atoms with Crippen LogP contribution in [0.1, 0.15) is 6.92 Å². The smallest absolute Gasteiger partial charge is 0.302 e. The van der Waals surface area contributed by atoms with E-state index < -0.39 is 10.1 Å². The maximum absolute atomic E-state index is 10.5. The fourth-order valence-electron chi connectivity index (χ4n) is 0.587. The molecule has 0 aliphatic rings. The van der Waals surface area contributed by atoms with E-state index in [1.165, 1.54) is 6.92 Å². The van der Waals surface area contributed by atoms with Gasteiger partial charge in [0.15, 0.2) is 9.34 Å². The summed E-state index contributed by atoms with van der Waals surface area (Å²) in [7, 11) is -4.21. The lowest BCUT2D eigenvalue weighted by atomic mass is 10.7. The minimum absolute atomic E-state index is 0.139. The third-order valence-electron chi connectivity index (χ3n) is 1.02. The molecule has 0 aliphatic carbocycles. The molecule has 1 heterocycles. The fourth-order valence-corrected chi connectivity index (χ4v) is 2.03. The third-order valence-corrected chi connectivity index (χ3v) is 3.22. The number of carbonyl (C=O) groups excluding carboxylic acids is 1. The fraction of sp³-hybridized carbons (Fsp3) is 0.200. The van der Waals surface area contributed by atoms with Crippen LogP contribution in [0.4, 0.5) is 5.13 Å². The lowest BCUT2D eigenvalue weighted by Crippen LogP contribution is -2.04. The number of nitrogens with zero attached hydrogens (tertiary/aromatic N) is 1. The van der Waals surface area contributed by atoms with Crippen molar-refractivity contribution in [1.29, 1.82) is 0 Å². The Hall–Kier alpha value is -0.990. The van der Waals surface area contributed by atoms with Gasteiger partial charge in [-0.05, 0) is 0 Å². The molecule has 0 aromatic carbocycles. The molecule has 0 atom stereocenters. The van der Waals surface area contributed by atoms with Crippen LogP contribution >= 0.6 is 11.3 Å². The molecule has 0 unspecified atom stereocenters. The Labute approximate surface area is 78.4 Å². The maximum Gasteiger partial charge on any atom is 0.305 e. The summed E-state index contributed by atoms with van der Waals surface area (Å²) in [6, 6.07) is 0. The van der Waals surface area contributed by atoms with Crippen LogP contribution in [0.15, 0.2) is 10.4 Å². The molecule has 0 radical (unpaired) electrons. The Morgan fingerprint density at radius 1 is 1.69 bits per heavy atom. The Morgan fingerprint density at radius 3 is 2.69 bits per heavy atom. The topological polar surface area (TPSA) is 96.4 Å². The van der Waals surface area contributed by atoms with E-state index in [0.717, 1.165) is 6.20 Å². The largest absolute Gasteiger partial charge is 0.305 e. The van der Waals surface area contributed by atoms with Crippen molar-refractivity contribution in [1.82, 2.24) is 4.98 Å². The Morgan fingerprint density at radius 2 is 2.31 bits per heavy atom. The van der Waals surface area contributed by atoms with Gasteiger partial charge >= 0.3 is 10.1 Å². The van der Waals surface area contributed by atoms with E-state index in [1.807, 2.05) is 0 Å². The Bertz CT molecular complexity index is 421. The molecule has 0 fully saturated rings. The average molecular weight is 222 g/mol. The van der Waals surface area contributed by atoms with Gasteiger partial charge in [-0.15, -0.1) is 0 Å². The van der Waals surface area contributed by atoms with Gasteiger partial charge in [0.25, 0.3) is 0 Å². The zero-order valence-electron chi connectivity index (χ0n) is 6.51. The van der Waals surface area contributed by atoms with Crippen molar-refractivity contribution in [2.45, 2.75) is 11.1 Å². The van der Waals surface area contributed by atoms with E-state index in [1.54, 1.807) is 0 Å². The maximum atomic E-state index is 10.5. The van der Waals surface area contributed by atoms with Gasteiger partial charge in [-0.1, -0.05) is 11.3 Å². The van der Waals surface area contributed by atoms with Crippen molar-refractivity contribution in [3.05, 3.63) is 6.20 Å². The molecule has 6 nitrogen and oxygen atoms in total. The van der Waals surface area contributed by atoms with Crippen molar-refractivity contribution in [3.8, 4) is 0 Å². The molecule has 0 aliphatic heterocycles. The number of thiazole rings is 1. The highest BCUT2D eigenvalue weighted by atomic mass is 32.3. The Balaban J connectivity index is 2.94. The van der Waals surface area contributed by atoms with Crippen molar-refractivity contribution in [3.63, 3.8) is 0 Å². The minimum atomic E-state index is -4.21. The number of hydrogen-bond acceptors (Lipinski definition) is 5. The monoisotopic (exact) mass is 222 g/mol. The molecule has 8 heteroatoms. The summed E-state index contributed by atoms with van der Waals surface area (Å²) >= 11 is 0.687. The summed E-state index contributed by atoms with van der Waals surface area (Å²) in [6.07, 6.45) is 0.977. The normalized spacial score (nSPS) is 11.2. The van der Waals surface area contributed by atoms with Gasteiger partial charge in [-0.2, -0.15) is 8.42 Å². The molecule has 0 spiro atoms. The van der Waals surface area contributed by atoms with Gasteiger partial charge in [0, 0.05) is 6.92 Å². The van der Waals surface area contributed by atoms with Gasteiger partial charge in [0.1, 0.15) is 0 Å². The quantitative estimate of drug-likeness (QED) is 0.704. The molecule has 2 N–H and O–H groups in total. The lowest BCUT2D eigenvalue weighted by Gasteiger charge is -1.91. The molecule has 1 aromatic heterocycles. The van der Waals surface area contributed by atoms with E-state index in [0.29, 0.717) is 11.3 Å². The molecule has 0 saturated carbocycles. The van der Waals surface area contributed by atoms with E-state index >= 15 is 0 Å². The molecule has 0 bridgehead atoms. The first-order valence-corrected chi connectivity index (χ1v) is 5.36. The van der Waals surface area contributed by atoms with Crippen molar-refractivity contribution in [2.75, 3.05) is 5.32 Å². The van der Waals surface area contributed by atoms with E-state index in [-0.39, 0.29) is 15.2 Å². The zero-order valence-corrected chi connectivity index (χ0v) is 8.15. The molecule has 72 valence electrons. The van der Waals surface area contributed by atoms with Crippen molar-refractivity contribution < 1.29 is 17.8 Å². The van der Waals surface area contributed by atoms with Crippen LogP contribution in [-0.4, -0.2) is 23.9 Å². The summed E-state index contributed by atoms with van der Waals surface area (Å²) in [5.41, 5.74) is 0. The van der Waals surface area contributed by atoms with Crippen molar-refractivity contribution in [2.24, 2.45) is 0 Å². The molecule has 1 rings (SSSR count). The first-order valence-electron chi connectivity index (χ1n) is 3.10. The van der Waals surface area contributed by atoms with Crippen LogP contribution in [0, 0.1) is 0 Å². The van der Waals surface area contributed by atoms with Crippen LogP contribution in [0.2, 0.25) is 0 Å². The number of anilines is 1. The molecular weight excluding hydrogens is 216 g/mol. The van der Waals surface area contributed by atoms with Gasteiger partial charge in [-0.3, -0.25) is 9.35 Å². The lowest BCUT2D eigenvalue weighted by molar-refractivity contribution is -0.114. The third kappa shape index (κ3) is 2.76. The summed E-state index contributed by atoms with van der Waals surface area (Å²) in [6.45, 7) is 1.27. The van der Waals surface area contributed by atoms with Crippen molar-refractivity contribution >= 4 is 32.5 Å². The number of aromatic nitrogens is 1. The van der Waals surface area contributed by atoms with Crippen LogP contribution in [0.25, 0.3) is 0 Å². The highest BCUT2D eigenvalue weighted by Gasteiger charge is 2.14. The first kappa shape index (κ1) is 10.1. The molecule has 13 heavy (non-hydrogen) atoms. The standard InChI is InChI=1S/C5H6N2O4S2/c1-3(8)7-5-6-2-4(12-5)13(9,10)11/h2H,1H3,(H,6,7,8)(H,9,10,11). The predicted octanol–water partition coefficient (Wildman–Crippen LogP) is 0.348. The van der Waals surface area contributed by atoms with Crippen LogP contribution in [-0.2, 0) is 14.9 Å². The summed E-state index contributed by atoms with van der Waals surface area (Å²) in [4.78, 5) is 14.1. The summed E-state index contributed by atoms with van der Waals surface area (Å²) in [5.74, 6) is -0.351. The van der Waals surface area contributed by atoms with Gasteiger partial charge in [-0.25, -0.2) is 4.98 Å². The number of carbonyl (C=O) groups is 1. The Kier molecular flexibility index (Phi) is 2.64. The second-order valence-corrected chi connectivity index (χ2v) is 4.82. The van der Waals surface area contributed by atoms with E-state index in [4.69, 9.17) is 4.55 Å². The summed E-state index contributed by atoms with van der Waals surface area (Å²) < 4.78 is 29.4. The van der Waals surface area contributed by atoms with Gasteiger partial charge < -0.3 is 5.32 Å². The number of nitrogens with one attached hydrogen (secondary N) is 1. The van der Waals surface area contributed by atoms with Crippen LogP contribution < -0.4 is 5.32 Å². The highest BCUT2D eigenvalue weighted by molar-refractivity contribution is 7.88. The molecule has 0 saturated heterocycles. The van der Waals surface area contributed by atoms with Gasteiger partial charge in [0.05, 0.1) is 6.20 Å².